The maximum absolute atomic E-state index is 10.7. The Bertz CT molecular complexity index is 540. The molecule has 0 aliphatic carbocycles. The van der Waals surface area contributed by atoms with Crippen LogP contribution in [-0.4, -0.2) is 34.1 Å². The Morgan fingerprint density at radius 3 is 2.79 bits per heavy atom. The molecular weight excluding hydrogens is 262 g/mol. The fourth-order valence-corrected chi connectivity index (χ4v) is 2.52. The van der Waals surface area contributed by atoms with Crippen LogP contribution in [0.25, 0.3) is 0 Å². The second kappa shape index (κ2) is 5.79. The Labute approximate surface area is 115 Å². The summed E-state index contributed by atoms with van der Waals surface area (Å²) in [6, 6.07) is 4.41. The molecule has 0 aromatic carbocycles. The Morgan fingerprint density at radius 2 is 2.26 bits per heavy atom. The lowest BCUT2D eigenvalue weighted by Crippen LogP contribution is -2.31. The summed E-state index contributed by atoms with van der Waals surface area (Å²) in [5.41, 5.74) is -0.0388. The van der Waals surface area contributed by atoms with Crippen molar-refractivity contribution in [3.63, 3.8) is 0 Å². The number of anilines is 1. The van der Waals surface area contributed by atoms with Gasteiger partial charge in [0.2, 0.25) is 0 Å². The fraction of sp³-hybridized carbons (Fsp3) is 0.308. The van der Waals surface area contributed by atoms with Crippen LogP contribution >= 0.6 is 11.3 Å². The minimum absolute atomic E-state index is 0.0388. The van der Waals surface area contributed by atoms with Crippen molar-refractivity contribution < 1.29 is 9.90 Å². The van der Waals surface area contributed by atoms with E-state index in [1.807, 2.05) is 18.0 Å². The van der Waals surface area contributed by atoms with Gasteiger partial charge in [-0.3, -0.25) is 0 Å². The lowest BCUT2D eigenvalue weighted by molar-refractivity contribution is 0.0690. The highest BCUT2D eigenvalue weighted by Gasteiger charge is 2.14. The van der Waals surface area contributed by atoms with Crippen molar-refractivity contribution in [2.45, 2.75) is 19.4 Å². The van der Waals surface area contributed by atoms with Gasteiger partial charge in [-0.05, 0) is 18.4 Å². The maximum atomic E-state index is 10.7. The van der Waals surface area contributed by atoms with Crippen LogP contribution in [0.1, 0.15) is 22.3 Å². The van der Waals surface area contributed by atoms with Gasteiger partial charge < -0.3 is 10.0 Å². The van der Waals surface area contributed by atoms with E-state index >= 15 is 0 Å². The lowest BCUT2D eigenvalue weighted by atomic mass is 10.2. The fourth-order valence-electron chi connectivity index (χ4n) is 1.70. The first-order chi connectivity index (χ1) is 9.08. The zero-order valence-electron chi connectivity index (χ0n) is 10.8. The summed E-state index contributed by atoms with van der Waals surface area (Å²) in [4.78, 5) is 22.0. The van der Waals surface area contributed by atoms with Crippen molar-refractivity contribution in [1.82, 2.24) is 9.97 Å². The summed E-state index contributed by atoms with van der Waals surface area (Å²) in [6.45, 7) is 2.10. The Balaban J connectivity index is 2.06. The van der Waals surface area contributed by atoms with Crippen LogP contribution in [0.3, 0.4) is 0 Å². The van der Waals surface area contributed by atoms with Crippen LogP contribution in [0, 0.1) is 0 Å². The first kappa shape index (κ1) is 13.5. The molecule has 19 heavy (non-hydrogen) atoms. The molecule has 0 aliphatic heterocycles. The van der Waals surface area contributed by atoms with E-state index in [0.29, 0.717) is 5.82 Å². The molecule has 0 amide bonds. The Kier molecular flexibility index (Phi) is 4.11. The number of aromatic nitrogens is 2. The predicted octanol–water partition coefficient (Wildman–Crippen LogP) is 2.30. The van der Waals surface area contributed by atoms with Gasteiger partial charge in [-0.25, -0.2) is 14.8 Å². The van der Waals surface area contributed by atoms with E-state index in [0.717, 1.165) is 6.42 Å². The molecule has 0 fully saturated rings. The third kappa shape index (κ3) is 3.29. The second-order valence-corrected chi connectivity index (χ2v) is 5.34. The number of carboxylic acids is 1. The van der Waals surface area contributed by atoms with Crippen LogP contribution in [0.5, 0.6) is 0 Å². The maximum Gasteiger partial charge on any atom is 0.356 e. The van der Waals surface area contributed by atoms with Crippen LogP contribution < -0.4 is 4.90 Å². The SMILES string of the molecule is CC(Cc1cccs1)N(C)c1cnc(C(=O)O)cn1. The average Bonchev–Trinajstić information content (AvgIpc) is 2.90. The van der Waals surface area contributed by atoms with Gasteiger partial charge in [0.25, 0.3) is 0 Å². The zero-order valence-corrected chi connectivity index (χ0v) is 11.6. The van der Waals surface area contributed by atoms with Crippen LogP contribution in [0.2, 0.25) is 0 Å². The van der Waals surface area contributed by atoms with E-state index in [1.54, 1.807) is 11.3 Å². The standard InChI is InChI=1S/C13H15N3O2S/c1-9(6-10-4-3-5-19-10)16(2)12-8-14-11(7-15-12)13(17)18/h3-5,7-9H,6H2,1-2H3,(H,17,18). The van der Waals surface area contributed by atoms with Gasteiger partial charge in [0, 0.05) is 24.4 Å². The summed E-state index contributed by atoms with van der Waals surface area (Å²) in [6.07, 6.45) is 3.71. The minimum atomic E-state index is -1.06. The minimum Gasteiger partial charge on any atom is -0.476 e. The van der Waals surface area contributed by atoms with Gasteiger partial charge in [0.05, 0.1) is 12.4 Å². The summed E-state index contributed by atoms with van der Waals surface area (Å²) >= 11 is 1.73. The largest absolute Gasteiger partial charge is 0.476 e. The zero-order chi connectivity index (χ0) is 13.8. The molecule has 0 aliphatic rings. The van der Waals surface area contributed by atoms with E-state index < -0.39 is 5.97 Å². The molecule has 0 saturated heterocycles. The monoisotopic (exact) mass is 277 g/mol. The number of thiophene rings is 1. The topological polar surface area (TPSA) is 66.3 Å². The van der Waals surface area contributed by atoms with Gasteiger partial charge in [-0.15, -0.1) is 11.3 Å². The molecule has 0 saturated carbocycles. The molecule has 1 unspecified atom stereocenters. The molecule has 2 aromatic rings. The number of aromatic carboxylic acids is 1. The van der Waals surface area contributed by atoms with Gasteiger partial charge in [-0.1, -0.05) is 6.07 Å². The predicted molar refractivity (Wildman–Crippen MR) is 74.9 cm³/mol. The third-order valence-electron chi connectivity index (χ3n) is 2.96. The molecule has 1 N–H and O–H groups in total. The van der Waals surface area contributed by atoms with Crippen molar-refractivity contribution in [2.24, 2.45) is 0 Å². The molecule has 2 heterocycles. The Hall–Kier alpha value is -1.95. The van der Waals surface area contributed by atoms with Gasteiger partial charge >= 0.3 is 5.97 Å². The van der Waals surface area contributed by atoms with Crippen molar-refractivity contribution >= 4 is 23.1 Å². The van der Waals surface area contributed by atoms with Crippen LogP contribution in [0.4, 0.5) is 5.82 Å². The highest BCUT2D eigenvalue weighted by Crippen LogP contribution is 2.17. The van der Waals surface area contributed by atoms with E-state index in [4.69, 9.17) is 5.11 Å². The summed E-state index contributed by atoms with van der Waals surface area (Å²) in [7, 11) is 1.93. The highest BCUT2D eigenvalue weighted by atomic mass is 32.1. The van der Waals surface area contributed by atoms with Crippen LogP contribution in [-0.2, 0) is 6.42 Å². The molecule has 100 valence electrons. The number of hydrogen-bond acceptors (Lipinski definition) is 5. The van der Waals surface area contributed by atoms with E-state index in [1.165, 1.54) is 17.3 Å². The van der Waals surface area contributed by atoms with Crippen molar-refractivity contribution in [1.29, 1.82) is 0 Å². The summed E-state index contributed by atoms with van der Waals surface area (Å²) < 4.78 is 0. The molecule has 1 atom stereocenters. The molecule has 6 heteroatoms. The van der Waals surface area contributed by atoms with E-state index in [2.05, 4.69) is 28.3 Å². The normalized spacial score (nSPS) is 12.1. The first-order valence-electron chi connectivity index (χ1n) is 5.88. The number of rotatable bonds is 5. The summed E-state index contributed by atoms with van der Waals surface area (Å²) in [5, 5.41) is 10.8. The third-order valence-corrected chi connectivity index (χ3v) is 3.86. The van der Waals surface area contributed by atoms with Gasteiger partial charge in [0.1, 0.15) is 5.82 Å². The van der Waals surface area contributed by atoms with E-state index in [-0.39, 0.29) is 11.7 Å². The van der Waals surface area contributed by atoms with Crippen molar-refractivity contribution in [3.05, 3.63) is 40.5 Å². The number of carboxylic acid groups (broad SMARTS) is 1. The number of hydrogen-bond donors (Lipinski definition) is 1. The lowest BCUT2D eigenvalue weighted by Gasteiger charge is -2.25. The molecule has 0 bridgehead atoms. The van der Waals surface area contributed by atoms with Gasteiger partial charge in [0.15, 0.2) is 5.69 Å². The van der Waals surface area contributed by atoms with E-state index in [9.17, 15) is 4.79 Å². The Morgan fingerprint density at radius 1 is 1.47 bits per heavy atom. The average molecular weight is 277 g/mol. The number of carbonyl (C=O) groups is 1. The molecule has 0 spiro atoms. The van der Waals surface area contributed by atoms with Crippen molar-refractivity contribution in [3.8, 4) is 0 Å². The smallest absolute Gasteiger partial charge is 0.356 e. The van der Waals surface area contributed by atoms with Gasteiger partial charge in [-0.2, -0.15) is 0 Å². The van der Waals surface area contributed by atoms with Crippen molar-refractivity contribution in [2.75, 3.05) is 11.9 Å². The summed E-state index contributed by atoms with van der Waals surface area (Å²) in [5.74, 6) is -0.387. The molecular formula is C13H15N3O2S. The highest BCUT2D eigenvalue weighted by molar-refractivity contribution is 7.09. The van der Waals surface area contributed by atoms with Crippen LogP contribution in [0.15, 0.2) is 29.9 Å². The number of nitrogens with zero attached hydrogens (tertiary/aromatic N) is 3. The molecule has 2 rings (SSSR count). The second-order valence-electron chi connectivity index (χ2n) is 4.31. The first-order valence-corrected chi connectivity index (χ1v) is 6.76. The molecule has 2 aromatic heterocycles. The molecule has 0 radical (unpaired) electrons. The quantitative estimate of drug-likeness (QED) is 0.908. The molecule has 5 nitrogen and oxygen atoms in total. The number of likely N-dealkylation sites (N-methyl/N-ethyl adjacent to an activating group) is 1.